The van der Waals surface area contributed by atoms with Crippen molar-refractivity contribution in [3.05, 3.63) is 69.3 Å². The minimum atomic E-state index is -0.541. The number of para-hydroxylation sites is 1. The summed E-state index contributed by atoms with van der Waals surface area (Å²) in [5, 5.41) is 14.1. The van der Waals surface area contributed by atoms with Crippen molar-refractivity contribution in [1.82, 2.24) is 9.80 Å². The van der Waals surface area contributed by atoms with Gasteiger partial charge in [-0.1, -0.05) is 24.3 Å². The lowest BCUT2D eigenvalue weighted by Crippen LogP contribution is -2.50. The molecular weight excluding hydrogens is 372 g/mol. The molecule has 1 heterocycles. The van der Waals surface area contributed by atoms with E-state index in [1.54, 1.807) is 17.0 Å². The Bertz CT molecular complexity index is 936. The Balaban J connectivity index is 1.55. The molecule has 29 heavy (non-hydrogen) atoms. The van der Waals surface area contributed by atoms with Crippen LogP contribution < -0.4 is 5.32 Å². The van der Waals surface area contributed by atoms with Gasteiger partial charge >= 0.3 is 0 Å². The summed E-state index contributed by atoms with van der Waals surface area (Å²) in [6, 6.07) is 11.8. The molecule has 8 nitrogen and oxygen atoms in total. The number of aryl methyl sites for hydroxylation is 1. The lowest BCUT2D eigenvalue weighted by Gasteiger charge is -2.34. The van der Waals surface area contributed by atoms with Gasteiger partial charge in [-0.15, -0.1) is 0 Å². The molecule has 1 aliphatic rings. The lowest BCUT2D eigenvalue weighted by molar-refractivity contribution is -0.385. The average molecular weight is 396 g/mol. The fraction of sp³-hybridized carbons (Fsp3) is 0.333. The quantitative estimate of drug-likeness (QED) is 0.619. The molecule has 0 radical (unpaired) electrons. The molecule has 1 N–H and O–H groups in total. The van der Waals surface area contributed by atoms with Crippen LogP contribution in [0, 0.1) is 24.0 Å². The number of hydrogen-bond acceptors (Lipinski definition) is 5. The van der Waals surface area contributed by atoms with E-state index in [0.717, 1.165) is 16.8 Å². The van der Waals surface area contributed by atoms with E-state index in [9.17, 15) is 19.7 Å². The highest BCUT2D eigenvalue weighted by atomic mass is 16.6. The number of carbonyl (C=O) groups excluding carboxylic acids is 2. The van der Waals surface area contributed by atoms with Crippen LogP contribution in [-0.4, -0.2) is 59.3 Å². The molecule has 0 aliphatic carbocycles. The number of amides is 2. The molecular formula is C21H24N4O4. The molecule has 3 rings (SSSR count). The minimum absolute atomic E-state index is 0.0959. The number of piperazine rings is 1. The molecule has 2 aromatic rings. The van der Waals surface area contributed by atoms with Crippen LogP contribution in [0.4, 0.5) is 11.4 Å². The molecule has 2 amide bonds. The fourth-order valence-corrected chi connectivity index (χ4v) is 3.37. The van der Waals surface area contributed by atoms with Gasteiger partial charge in [-0.2, -0.15) is 0 Å². The van der Waals surface area contributed by atoms with E-state index in [-0.39, 0.29) is 29.6 Å². The molecule has 152 valence electrons. The van der Waals surface area contributed by atoms with Crippen molar-refractivity contribution in [2.45, 2.75) is 13.8 Å². The number of nitro groups is 1. The Morgan fingerprint density at radius 1 is 1.03 bits per heavy atom. The van der Waals surface area contributed by atoms with E-state index in [1.165, 1.54) is 12.1 Å². The third-order valence-electron chi connectivity index (χ3n) is 5.24. The van der Waals surface area contributed by atoms with Crippen molar-refractivity contribution in [2.75, 3.05) is 38.0 Å². The van der Waals surface area contributed by atoms with E-state index < -0.39 is 4.92 Å². The number of carbonyl (C=O) groups is 2. The Morgan fingerprint density at radius 2 is 1.72 bits per heavy atom. The van der Waals surface area contributed by atoms with Crippen LogP contribution in [0.2, 0.25) is 0 Å². The van der Waals surface area contributed by atoms with Gasteiger partial charge in [0.1, 0.15) is 5.56 Å². The second kappa shape index (κ2) is 8.83. The Hall–Kier alpha value is -3.26. The van der Waals surface area contributed by atoms with Gasteiger partial charge in [0, 0.05) is 37.9 Å². The molecule has 0 atom stereocenters. The second-order valence-electron chi connectivity index (χ2n) is 7.14. The van der Waals surface area contributed by atoms with Crippen molar-refractivity contribution in [2.24, 2.45) is 0 Å². The van der Waals surface area contributed by atoms with Crippen LogP contribution >= 0.6 is 0 Å². The third-order valence-corrected chi connectivity index (χ3v) is 5.24. The molecule has 8 heteroatoms. The van der Waals surface area contributed by atoms with Gasteiger partial charge in [-0.3, -0.25) is 24.6 Å². The van der Waals surface area contributed by atoms with Crippen molar-refractivity contribution < 1.29 is 14.5 Å². The molecule has 0 aromatic heterocycles. The van der Waals surface area contributed by atoms with Gasteiger partial charge in [0.15, 0.2) is 0 Å². The maximum Gasteiger partial charge on any atom is 0.282 e. The van der Waals surface area contributed by atoms with Crippen molar-refractivity contribution in [3.8, 4) is 0 Å². The normalized spacial score (nSPS) is 14.5. The first-order valence-corrected chi connectivity index (χ1v) is 9.48. The first-order valence-electron chi connectivity index (χ1n) is 9.48. The highest BCUT2D eigenvalue weighted by Gasteiger charge is 2.27. The van der Waals surface area contributed by atoms with E-state index >= 15 is 0 Å². The standard InChI is InChI=1S/C21H24N4O4/c1-15-6-5-8-18(16(15)2)22-20(26)14-23-10-12-24(13-11-23)21(27)17-7-3-4-9-19(17)25(28)29/h3-9H,10-14H2,1-2H3,(H,22,26). The molecule has 1 saturated heterocycles. The van der Waals surface area contributed by atoms with E-state index in [0.29, 0.717) is 26.2 Å². The largest absolute Gasteiger partial charge is 0.336 e. The van der Waals surface area contributed by atoms with E-state index in [2.05, 4.69) is 5.32 Å². The summed E-state index contributed by atoms with van der Waals surface area (Å²) in [7, 11) is 0. The number of benzene rings is 2. The average Bonchev–Trinajstić information content (AvgIpc) is 2.71. The first kappa shape index (κ1) is 20.5. The summed E-state index contributed by atoms with van der Waals surface area (Å²) in [6.45, 7) is 6.11. The monoisotopic (exact) mass is 396 g/mol. The van der Waals surface area contributed by atoms with Crippen molar-refractivity contribution in [3.63, 3.8) is 0 Å². The van der Waals surface area contributed by atoms with Crippen LogP contribution in [0.15, 0.2) is 42.5 Å². The SMILES string of the molecule is Cc1cccc(NC(=O)CN2CCN(C(=O)c3ccccc3[N+](=O)[O-])CC2)c1C. The van der Waals surface area contributed by atoms with Crippen molar-refractivity contribution in [1.29, 1.82) is 0 Å². The number of rotatable bonds is 5. The van der Waals surface area contributed by atoms with Crippen molar-refractivity contribution >= 4 is 23.2 Å². The minimum Gasteiger partial charge on any atom is -0.336 e. The molecule has 0 spiro atoms. The highest BCUT2D eigenvalue weighted by Crippen LogP contribution is 2.21. The zero-order valence-electron chi connectivity index (χ0n) is 16.6. The second-order valence-corrected chi connectivity index (χ2v) is 7.14. The zero-order valence-corrected chi connectivity index (χ0v) is 16.6. The fourth-order valence-electron chi connectivity index (χ4n) is 3.37. The molecule has 1 fully saturated rings. The number of anilines is 1. The maximum atomic E-state index is 12.7. The van der Waals surface area contributed by atoms with Gasteiger partial charge in [0.25, 0.3) is 11.6 Å². The van der Waals surface area contributed by atoms with E-state index in [4.69, 9.17) is 0 Å². The lowest BCUT2D eigenvalue weighted by atomic mass is 10.1. The first-order chi connectivity index (χ1) is 13.9. The Labute approximate surface area is 169 Å². The summed E-state index contributed by atoms with van der Waals surface area (Å²) < 4.78 is 0. The van der Waals surface area contributed by atoms with E-state index in [1.807, 2.05) is 36.9 Å². The molecule has 1 aliphatic heterocycles. The molecule has 0 saturated carbocycles. The van der Waals surface area contributed by atoms with Gasteiger partial charge in [-0.05, 0) is 37.1 Å². The van der Waals surface area contributed by atoms with Gasteiger partial charge in [0.2, 0.25) is 5.91 Å². The number of nitrogens with one attached hydrogen (secondary N) is 1. The number of hydrogen-bond donors (Lipinski definition) is 1. The summed E-state index contributed by atoms with van der Waals surface area (Å²) in [4.78, 5) is 39.3. The maximum absolute atomic E-state index is 12.7. The van der Waals surface area contributed by atoms with Crippen LogP contribution in [0.5, 0.6) is 0 Å². The van der Waals surface area contributed by atoms with Gasteiger partial charge in [-0.25, -0.2) is 0 Å². The molecule has 0 unspecified atom stereocenters. The van der Waals surface area contributed by atoms with Crippen LogP contribution in [0.3, 0.4) is 0 Å². The Kier molecular flexibility index (Phi) is 6.23. The predicted octanol–water partition coefficient (Wildman–Crippen LogP) is 2.61. The molecule has 2 aromatic carbocycles. The zero-order chi connectivity index (χ0) is 21.0. The summed E-state index contributed by atoms with van der Waals surface area (Å²) in [6.07, 6.45) is 0. The van der Waals surface area contributed by atoms with Crippen LogP contribution in [-0.2, 0) is 4.79 Å². The Morgan fingerprint density at radius 3 is 2.41 bits per heavy atom. The predicted molar refractivity (Wildman–Crippen MR) is 110 cm³/mol. The smallest absolute Gasteiger partial charge is 0.282 e. The molecule has 0 bridgehead atoms. The third kappa shape index (κ3) is 4.78. The summed E-state index contributed by atoms with van der Waals surface area (Å²) in [5.74, 6) is -0.450. The number of nitrogens with zero attached hydrogens (tertiary/aromatic N) is 3. The number of nitro benzene ring substituents is 1. The van der Waals surface area contributed by atoms with Gasteiger partial charge < -0.3 is 10.2 Å². The summed E-state index contributed by atoms with van der Waals surface area (Å²) >= 11 is 0. The van der Waals surface area contributed by atoms with Crippen LogP contribution in [0.25, 0.3) is 0 Å². The van der Waals surface area contributed by atoms with Crippen LogP contribution in [0.1, 0.15) is 21.5 Å². The highest BCUT2D eigenvalue weighted by molar-refractivity contribution is 5.98. The topological polar surface area (TPSA) is 95.8 Å². The summed E-state index contributed by atoms with van der Waals surface area (Å²) in [5.41, 5.74) is 2.87. The van der Waals surface area contributed by atoms with Gasteiger partial charge in [0.05, 0.1) is 11.5 Å².